The number of carbonyl (C=O) groups is 2. The molecule has 6 nitrogen and oxygen atoms in total. The first-order valence-corrected chi connectivity index (χ1v) is 10.5. The minimum atomic E-state index is -0.0436. The predicted molar refractivity (Wildman–Crippen MR) is 111 cm³/mol. The number of hydrogen-bond donors (Lipinski definition) is 1. The topological polar surface area (TPSA) is 67.9 Å². The summed E-state index contributed by atoms with van der Waals surface area (Å²) >= 11 is 1.65. The zero-order valence-corrected chi connectivity index (χ0v) is 17.5. The van der Waals surface area contributed by atoms with Gasteiger partial charge >= 0.3 is 0 Å². The van der Waals surface area contributed by atoms with E-state index in [1.54, 1.807) is 26.0 Å². The first-order chi connectivity index (χ1) is 13.5. The number of rotatable bonds is 6. The van der Waals surface area contributed by atoms with Crippen LogP contribution in [-0.4, -0.2) is 62.4 Å². The third-order valence-electron chi connectivity index (χ3n) is 5.43. The SMILES string of the molecule is COCCNC(=O)C1CCC2S/C(=C\c3cccc(OC)c3)C(=O)N(C)C2C1. The molecule has 3 rings (SSSR count). The third kappa shape index (κ3) is 4.70. The summed E-state index contributed by atoms with van der Waals surface area (Å²) in [4.78, 5) is 27.9. The van der Waals surface area contributed by atoms with E-state index in [9.17, 15) is 9.59 Å². The van der Waals surface area contributed by atoms with Gasteiger partial charge in [-0.2, -0.15) is 0 Å². The van der Waals surface area contributed by atoms with Gasteiger partial charge in [0.15, 0.2) is 0 Å². The summed E-state index contributed by atoms with van der Waals surface area (Å²) in [5, 5.41) is 3.25. The Morgan fingerprint density at radius 3 is 2.93 bits per heavy atom. The Kier molecular flexibility index (Phi) is 7.02. The molecule has 3 atom stereocenters. The van der Waals surface area contributed by atoms with Gasteiger partial charge in [-0.3, -0.25) is 9.59 Å². The van der Waals surface area contributed by atoms with Crippen molar-refractivity contribution in [3.63, 3.8) is 0 Å². The highest BCUT2D eigenvalue weighted by molar-refractivity contribution is 8.04. The van der Waals surface area contributed by atoms with E-state index < -0.39 is 0 Å². The highest BCUT2D eigenvalue weighted by Gasteiger charge is 2.42. The van der Waals surface area contributed by atoms with Crippen LogP contribution < -0.4 is 10.1 Å². The molecule has 0 radical (unpaired) electrons. The molecule has 1 aromatic rings. The number of nitrogens with zero attached hydrogens (tertiary/aromatic N) is 1. The average Bonchev–Trinajstić information content (AvgIpc) is 2.72. The summed E-state index contributed by atoms with van der Waals surface area (Å²) in [6.45, 7) is 1.04. The van der Waals surface area contributed by atoms with Gasteiger partial charge in [-0.05, 0) is 43.0 Å². The van der Waals surface area contributed by atoms with Gasteiger partial charge in [-0.25, -0.2) is 0 Å². The van der Waals surface area contributed by atoms with Crippen molar-refractivity contribution < 1.29 is 19.1 Å². The smallest absolute Gasteiger partial charge is 0.260 e. The second kappa shape index (κ2) is 9.47. The molecule has 1 saturated carbocycles. The molecule has 1 aromatic carbocycles. The maximum Gasteiger partial charge on any atom is 0.260 e. The van der Waals surface area contributed by atoms with Crippen molar-refractivity contribution in [1.29, 1.82) is 0 Å². The summed E-state index contributed by atoms with van der Waals surface area (Å²) < 4.78 is 10.3. The Bertz CT molecular complexity index is 752. The second-order valence-corrected chi connectivity index (χ2v) is 8.50. The molecule has 1 saturated heterocycles. The summed E-state index contributed by atoms with van der Waals surface area (Å²) in [5.41, 5.74) is 0.952. The van der Waals surface area contributed by atoms with E-state index in [1.165, 1.54) is 0 Å². The number of hydrogen-bond acceptors (Lipinski definition) is 5. The number of ether oxygens (including phenoxy) is 2. The maximum atomic E-state index is 12.9. The molecule has 0 bridgehead atoms. The molecule has 7 heteroatoms. The second-order valence-electron chi connectivity index (χ2n) is 7.22. The van der Waals surface area contributed by atoms with Gasteiger partial charge in [0, 0.05) is 37.9 Å². The summed E-state index contributed by atoms with van der Waals surface area (Å²) in [6.07, 6.45) is 4.42. The van der Waals surface area contributed by atoms with E-state index in [-0.39, 0.29) is 23.8 Å². The number of nitrogens with one attached hydrogen (secondary N) is 1. The molecule has 1 aliphatic heterocycles. The van der Waals surface area contributed by atoms with Crippen molar-refractivity contribution in [2.24, 2.45) is 5.92 Å². The lowest BCUT2D eigenvalue weighted by Gasteiger charge is -2.44. The lowest BCUT2D eigenvalue weighted by Crippen LogP contribution is -2.52. The molecule has 1 N–H and O–H groups in total. The summed E-state index contributed by atoms with van der Waals surface area (Å²) in [5.74, 6) is 0.820. The molecule has 28 heavy (non-hydrogen) atoms. The van der Waals surface area contributed by atoms with Crippen molar-refractivity contribution in [2.45, 2.75) is 30.6 Å². The molecule has 3 unspecified atom stereocenters. The number of methoxy groups -OCH3 is 2. The molecule has 1 aliphatic carbocycles. The number of fused-ring (bicyclic) bond motifs is 1. The van der Waals surface area contributed by atoms with Gasteiger partial charge in [0.25, 0.3) is 5.91 Å². The van der Waals surface area contributed by atoms with E-state index in [4.69, 9.17) is 9.47 Å². The molecular weight excluding hydrogens is 376 g/mol. The fraction of sp³-hybridized carbons (Fsp3) is 0.524. The highest BCUT2D eigenvalue weighted by Crippen LogP contribution is 2.43. The standard InChI is InChI=1S/C21H28N2O4S/c1-23-17-13-15(20(24)22-9-10-26-2)7-8-18(17)28-19(21(23)25)12-14-5-4-6-16(11-14)27-3/h4-6,11-12,15,17-18H,7-10,13H2,1-3H3,(H,22,24)/b19-12-. The van der Waals surface area contributed by atoms with Crippen molar-refractivity contribution in [1.82, 2.24) is 10.2 Å². The first-order valence-electron chi connectivity index (χ1n) is 9.59. The molecule has 1 heterocycles. The number of thioether (sulfide) groups is 1. The number of likely N-dealkylation sites (N-methyl/N-ethyl adjacent to an activating group) is 1. The molecular formula is C21H28N2O4S. The van der Waals surface area contributed by atoms with E-state index in [0.29, 0.717) is 24.8 Å². The van der Waals surface area contributed by atoms with Crippen LogP contribution in [0.5, 0.6) is 5.75 Å². The fourth-order valence-electron chi connectivity index (χ4n) is 3.84. The Hall–Kier alpha value is -1.99. The van der Waals surface area contributed by atoms with Crippen LogP contribution in [0.25, 0.3) is 6.08 Å². The summed E-state index contributed by atoms with van der Waals surface area (Å²) in [6, 6.07) is 7.79. The van der Waals surface area contributed by atoms with Crippen LogP contribution in [0.1, 0.15) is 24.8 Å². The van der Waals surface area contributed by atoms with Crippen molar-refractivity contribution >= 4 is 29.7 Å². The minimum absolute atomic E-state index is 0.0227. The van der Waals surface area contributed by atoms with Crippen LogP contribution >= 0.6 is 11.8 Å². The molecule has 152 valence electrons. The van der Waals surface area contributed by atoms with E-state index in [1.807, 2.05) is 42.3 Å². The number of carbonyl (C=O) groups excluding carboxylic acids is 2. The zero-order chi connectivity index (χ0) is 20.1. The Morgan fingerprint density at radius 2 is 2.18 bits per heavy atom. The van der Waals surface area contributed by atoms with Crippen LogP contribution in [0.2, 0.25) is 0 Å². The fourth-order valence-corrected chi connectivity index (χ4v) is 5.32. The maximum absolute atomic E-state index is 12.9. The van der Waals surface area contributed by atoms with E-state index in [2.05, 4.69) is 5.32 Å². The minimum Gasteiger partial charge on any atom is -0.497 e. The van der Waals surface area contributed by atoms with Crippen LogP contribution in [0, 0.1) is 5.92 Å². The van der Waals surface area contributed by atoms with Crippen molar-refractivity contribution in [3.8, 4) is 5.75 Å². The highest BCUT2D eigenvalue weighted by atomic mass is 32.2. The van der Waals surface area contributed by atoms with Crippen LogP contribution in [0.3, 0.4) is 0 Å². The average molecular weight is 405 g/mol. The number of benzene rings is 1. The lowest BCUT2D eigenvalue weighted by molar-refractivity contribution is -0.132. The van der Waals surface area contributed by atoms with Crippen molar-refractivity contribution in [3.05, 3.63) is 34.7 Å². The van der Waals surface area contributed by atoms with Gasteiger partial charge in [-0.15, -0.1) is 11.8 Å². The van der Waals surface area contributed by atoms with E-state index in [0.717, 1.165) is 29.1 Å². The lowest BCUT2D eigenvalue weighted by atomic mass is 9.83. The monoisotopic (exact) mass is 404 g/mol. The van der Waals surface area contributed by atoms with Gasteiger partial charge in [0.2, 0.25) is 5.91 Å². The molecule has 2 fully saturated rings. The van der Waals surface area contributed by atoms with Gasteiger partial charge in [-0.1, -0.05) is 12.1 Å². The van der Waals surface area contributed by atoms with Gasteiger partial charge < -0.3 is 19.7 Å². The van der Waals surface area contributed by atoms with Crippen LogP contribution in [-0.2, 0) is 14.3 Å². The molecule has 2 amide bonds. The molecule has 0 aromatic heterocycles. The largest absolute Gasteiger partial charge is 0.497 e. The summed E-state index contributed by atoms with van der Waals surface area (Å²) in [7, 11) is 5.10. The van der Waals surface area contributed by atoms with Gasteiger partial charge in [0.1, 0.15) is 5.75 Å². The molecule has 0 spiro atoms. The normalized spacial score (nSPS) is 26.1. The predicted octanol–water partition coefficient (Wildman–Crippen LogP) is 2.54. The number of amides is 2. The van der Waals surface area contributed by atoms with Crippen molar-refractivity contribution in [2.75, 3.05) is 34.4 Å². The van der Waals surface area contributed by atoms with Gasteiger partial charge in [0.05, 0.1) is 18.6 Å². The van der Waals surface area contributed by atoms with Crippen LogP contribution in [0.4, 0.5) is 0 Å². The Morgan fingerprint density at radius 1 is 1.36 bits per heavy atom. The quantitative estimate of drug-likeness (QED) is 0.583. The zero-order valence-electron chi connectivity index (χ0n) is 16.6. The Labute approximate surface area is 170 Å². The van der Waals surface area contributed by atoms with Crippen LogP contribution in [0.15, 0.2) is 29.2 Å². The molecule has 2 aliphatic rings. The van der Waals surface area contributed by atoms with E-state index >= 15 is 0 Å². The Balaban J connectivity index is 1.68. The first kappa shape index (κ1) is 20.7. The third-order valence-corrected chi connectivity index (χ3v) is 6.83.